The summed E-state index contributed by atoms with van der Waals surface area (Å²) in [6, 6.07) is 16.7. The molecular weight excluding hydrogens is 598 g/mol. The normalized spacial score (nSPS) is 15.1. The molecule has 4 rings (SSSR count). The monoisotopic (exact) mass is 625 g/mol. The number of carbonyl (C=O) groups is 2. The number of sulfonamides is 1. The van der Waals surface area contributed by atoms with E-state index in [0.717, 1.165) is 34.1 Å². The van der Waals surface area contributed by atoms with Gasteiger partial charge in [0.15, 0.2) is 0 Å². The van der Waals surface area contributed by atoms with Crippen molar-refractivity contribution < 1.29 is 49.8 Å². The highest BCUT2D eigenvalue weighted by atomic mass is 32.2. The fourth-order valence-electron chi connectivity index (χ4n) is 3.86. The first kappa shape index (κ1) is 31.4. The summed E-state index contributed by atoms with van der Waals surface area (Å²) >= 11 is 0. The van der Waals surface area contributed by atoms with E-state index in [2.05, 4.69) is 15.4 Å². The van der Waals surface area contributed by atoms with Crippen molar-refractivity contribution in [3.63, 3.8) is 0 Å². The zero-order valence-corrected chi connectivity index (χ0v) is 23.7. The van der Waals surface area contributed by atoms with Gasteiger partial charge in [0.05, 0.1) is 23.7 Å². The van der Waals surface area contributed by atoms with Gasteiger partial charge in [-0.05, 0) is 61.9 Å². The molecule has 0 aromatic heterocycles. The fraction of sp³-hybridized carbons (Fsp3) is 0.286. The fourth-order valence-corrected chi connectivity index (χ4v) is 5.36. The molecule has 2 amide bonds. The lowest BCUT2D eigenvalue weighted by atomic mass is 10.1. The van der Waals surface area contributed by atoms with Gasteiger partial charge in [0, 0.05) is 5.69 Å². The molecule has 230 valence electrons. The lowest BCUT2D eigenvalue weighted by molar-refractivity contribution is -0.242. The van der Waals surface area contributed by atoms with Gasteiger partial charge in [0.25, 0.3) is 10.0 Å². The van der Waals surface area contributed by atoms with Crippen molar-refractivity contribution in [3.8, 4) is 5.75 Å². The van der Waals surface area contributed by atoms with Crippen LogP contribution in [0.25, 0.3) is 0 Å². The molecule has 1 atom stereocenters. The molecule has 0 aliphatic carbocycles. The Kier molecular flexibility index (Phi) is 9.04. The minimum atomic E-state index is -4.84. The van der Waals surface area contributed by atoms with Crippen LogP contribution in [0.2, 0.25) is 0 Å². The molecule has 1 aliphatic heterocycles. The van der Waals surface area contributed by atoms with Crippen LogP contribution in [0.3, 0.4) is 0 Å². The van der Waals surface area contributed by atoms with E-state index in [0.29, 0.717) is 13.8 Å². The third kappa shape index (κ3) is 7.66. The van der Waals surface area contributed by atoms with Gasteiger partial charge in [-0.1, -0.05) is 30.3 Å². The van der Waals surface area contributed by atoms with Crippen LogP contribution in [0.15, 0.2) is 77.7 Å². The second kappa shape index (κ2) is 12.4. The van der Waals surface area contributed by atoms with Crippen molar-refractivity contribution in [2.75, 3.05) is 22.7 Å². The molecule has 0 spiro atoms. The summed E-state index contributed by atoms with van der Waals surface area (Å²) in [7, 11) is -4.35. The van der Waals surface area contributed by atoms with Crippen LogP contribution in [0.5, 0.6) is 5.75 Å². The second-order valence-corrected chi connectivity index (χ2v) is 11.7. The Hall–Kier alpha value is -4.53. The number of anilines is 2. The average Bonchev–Trinajstić information content (AvgIpc) is 2.94. The number of hydrogen-bond donors (Lipinski definition) is 2. The zero-order valence-electron chi connectivity index (χ0n) is 22.9. The number of fused-ring (bicyclic) bond motifs is 1. The molecule has 0 radical (unpaired) electrons. The van der Waals surface area contributed by atoms with Crippen LogP contribution >= 0.6 is 0 Å². The van der Waals surface area contributed by atoms with E-state index in [1.54, 1.807) is 24.3 Å². The van der Waals surface area contributed by atoms with Crippen LogP contribution < -0.4 is 19.7 Å². The van der Waals surface area contributed by atoms with Crippen molar-refractivity contribution in [2.24, 2.45) is 0 Å². The van der Waals surface area contributed by atoms with Crippen LogP contribution in [0, 0.1) is 5.82 Å². The number of hydrogen-bond acceptors (Lipinski definition) is 7. The molecule has 2 N–H and O–H groups in total. The summed E-state index contributed by atoms with van der Waals surface area (Å²) in [6.45, 7) is 0.859. The lowest BCUT2D eigenvalue weighted by Gasteiger charge is -2.35. The highest BCUT2D eigenvalue weighted by Gasteiger charge is 2.51. The maximum Gasteiger partial charge on any atom is 0.427 e. The molecule has 1 heterocycles. The highest BCUT2D eigenvalue weighted by Crippen LogP contribution is 2.39. The maximum atomic E-state index is 13.6. The third-order valence-corrected chi connectivity index (χ3v) is 8.05. The molecule has 0 saturated carbocycles. The number of alkyl carbamates (subject to hydrolysis) is 1. The summed E-state index contributed by atoms with van der Waals surface area (Å²) in [4.78, 5) is 24.2. The zero-order chi connectivity index (χ0) is 31.4. The van der Waals surface area contributed by atoms with Crippen LogP contribution in [-0.4, -0.2) is 51.6 Å². The SMILES string of the molecule is CC(C)(OC(=O)Nc1ccc2c(c1)N(S(=O)(=O)c1ccc(F)cc1)CC(CNC(=O)OCc1ccccc1)O2)C(F)(F)F. The molecule has 43 heavy (non-hydrogen) atoms. The molecule has 0 saturated heterocycles. The van der Waals surface area contributed by atoms with Crippen molar-refractivity contribution in [1.29, 1.82) is 0 Å². The largest absolute Gasteiger partial charge is 0.484 e. The Morgan fingerprint density at radius 3 is 2.33 bits per heavy atom. The number of nitrogens with zero attached hydrogens (tertiary/aromatic N) is 1. The number of ether oxygens (including phenoxy) is 3. The number of halogens is 4. The highest BCUT2D eigenvalue weighted by molar-refractivity contribution is 7.92. The predicted molar refractivity (Wildman–Crippen MR) is 147 cm³/mol. The van der Waals surface area contributed by atoms with Crippen molar-refractivity contribution in [2.45, 2.75) is 43.2 Å². The molecule has 10 nitrogen and oxygen atoms in total. The van der Waals surface area contributed by atoms with Gasteiger partial charge in [-0.2, -0.15) is 13.2 Å². The van der Waals surface area contributed by atoms with Crippen molar-refractivity contribution in [3.05, 3.63) is 84.2 Å². The summed E-state index contributed by atoms with van der Waals surface area (Å²) < 4.78 is 96.7. The Bertz CT molecular complexity index is 1570. The minimum absolute atomic E-state index is 0.00443. The number of benzene rings is 3. The summed E-state index contributed by atoms with van der Waals surface area (Å²) in [5, 5.41) is 4.68. The minimum Gasteiger partial charge on any atom is -0.484 e. The van der Waals surface area contributed by atoms with E-state index in [1.165, 1.54) is 18.2 Å². The summed E-state index contributed by atoms with van der Waals surface area (Å²) in [5.41, 5.74) is -2.20. The Morgan fingerprint density at radius 1 is 1.00 bits per heavy atom. The first-order valence-electron chi connectivity index (χ1n) is 12.8. The van der Waals surface area contributed by atoms with E-state index in [1.807, 2.05) is 6.07 Å². The molecule has 15 heteroatoms. The van der Waals surface area contributed by atoms with Gasteiger partial charge in [0.2, 0.25) is 5.60 Å². The molecule has 0 bridgehead atoms. The van der Waals surface area contributed by atoms with E-state index < -0.39 is 45.9 Å². The third-order valence-electron chi connectivity index (χ3n) is 6.26. The van der Waals surface area contributed by atoms with E-state index in [9.17, 15) is 35.6 Å². The van der Waals surface area contributed by atoms with Gasteiger partial charge < -0.3 is 19.5 Å². The van der Waals surface area contributed by atoms with E-state index in [-0.39, 0.29) is 41.7 Å². The van der Waals surface area contributed by atoms with Gasteiger partial charge in [-0.15, -0.1) is 0 Å². The number of amides is 2. The molecule has 0 fully saturated rings. The molecule has 1 unspecified atom stereocenters. The Morgan fingerprint density at radius 2 is 1.67 bits per heavy atom. The molecule has 3 aromatic carbocycles. The summed E-state index contributed by atoms with van der Waals surface area (Å²) in [5.74, 6) is -0.639. The molecular formula is C28H27F4N3O7S. The van der Waals surface area contributed by atoms with Crippen molar-refractivity contribution >= 4 is 33.6 Å². The van der Waals surface area contributed by atoms with Crippen molar-refractivity contribution in [1.82, 2.24) is 5.32 Å². The Labute approximate surface area is 244 Å². The van der Waals surface area contributed by atoms with Crippen LogP contribution in [-0.2, 0) is 26.1 Å². The van der Waals surface area contributed by atoms with Gasteiger partial charge in [-0.3, -0.25) is 9.62 Å². The number of alkyl halides is 3. The standard InChI is InChI=1S/C28H27F4N3O7S/c1-27(2,28(30,31)32)42-26(37)34-20-10-13-24-23(14-20)35(43(38,39)22-11-8-19(29)9-12-22)16-21(41-24)15-33-25(36)40-17-18-6-4-3-5-7-18/h3-14,21H,15-17H2,1-2H3,(H,33,36)(H,34,37). The van der Waals surface area contributed by atoms with E-state index >= 15 is 0 Å². The molecule has 1 aliphatic rings. The lowest BCUT2D eigenvalue weighted by Crippen LogP contribution is -2.48. The first-order chi connectivity index (χ1) is 20.2. The van der Waals surface area contributed by atoms with Gasteiger partial charge >= 0.3 is 18.4 Å². The Balaban J connectivity index is 1.54. The smallest absolute Gasteiger partial charge is 0.427 e. The first-order valence-corrected chi connectivity index (χ1v) is 14.2. The number of rotatable bonds is 8. The summed E-state index contributed by atoms with van der Waals surface area (Å²) in [6.07, 6.45) is -7.96. The average molecular weight is 626 g/mol. The second-order valence-electron chi connectivity index (χ2n) is 9.88. The van der Waals surface area contributed by atoms with Gasteiger partial charge in [-0.25, -0.2) is 22.4 Å². The quantitative estimate of drug-likeness (QED) is 0.313. The van der Waals surface area contributed by atoms with Crippen LogP contribution in [0.4, 0.5) is 38.5 Å². The maximum absolute atomic E-state index is 13.6. The number of nitrogens with one attached hydrogen (secondary N) is 2. The van der Waals surface area contributed by atoms with E-state index in [4.69, 9.17) is 9.47 Å². The van der Waals surface area contributed by atoms with Gasteiger partial charge in [0.1, 0.15) is 24.3 Å². The predicted octanol–water partition coefficient (Wildman–Crippen LogP) is 5.60. The van der Waals surface area contributed by atoms with Crippen LogP contribution in [0.1, 0.15) is 19.4 Å². The number of carbonyl (C=O) groups excluding carboxylic acids is 2. The molecule has 3 aromatic rings. The topological polar surface area (TPSA) is 123 Å².